The first-order chi connectivity index (χ1) is 9.59. The Kier molecular flexibility index (Phi) is 5.84. The zero-order valence-corrected chi connectivity index (χ0v) is 13.4. The monoisotopic (exact) mass is 303 g/mol. The van der Waals surface area contributed by atoms with Crippen molar-refractivity contribution in [3.8, 4) is 0 Å². The predicted octanol–water partition coefficient (Wildman–Crippen LogP) is 1.56. The molecule has 20 heavy (non-hydrogen) atoms. The second kappa shape index (κ2) is 7.20. The highest BCUT2D eigenvalue weighted by Crippen LogP contribution is 2.26. The maximum atomic E-state index is 12.9. The molecule has 0 aromatic rings. The lowest BCUT2D eigenvalue weighted by Gasteiger charge is -2.37. The van der Waals surface area contributed by atoms with Gasteiger partial charge in [-0.15, -0.1) is 0 Å². The SMILES string of the molecule is CCC1CCCCCN1S(=O)(=O)N1CCC(CN)CC1. The molecule has 0 bridgehead atoms. The summed E-state index contributed by atoms with van der Waals surface area (Å²) in [6.07, 6.45) is 7.03. The van der Waals surface area contributed by atoms with Crippen molar-refractivity contribution in [3.63, 3.8) is 0 Å². The van der Waals surface area contributed by atoms with Crippen LogP contribution in [0.15, 0.2) is 0 Å². The van der Waals surface area contributed by atoms with Gasteiger partial charge in [0.05, 0.1) is 0 Å². The van der Waals surface area contributed by atoms with Gasteiger partial charge in [-0.1, -0.05) is 19.8 Å². The van der Waals surface area contributed by atoms with Gasteiger partial charge in [0.2, 0.25) is 0 Å². The average molecular weight is 303 g/mol. The van der Waals surface area contributed by atoms with Crippen LogP contribution < -0.4 is 5.73 Å². The Bertz CT molecular complexity index is 391. The minimum atomic E-state index is -3.28. The number of rotatable bonds is 4. The molecule has 0 aromatic heterocycles. The lowest BCUT2D eigenvalue weighted by atomic mass is 9.99. The van der Waals surface area contributed by atoms with E-state index in [0.717, 1.165) is 44.9 Å². The molecule has 1 unspecified atom stereocenters. The summed E-state index contributed by atoms with van der Waals surface area (Å²) in [5, 5.41) is 0. The van der Waals surface area contributed by atoms with Crippen molar-refractivity contribution in [1.29, 1.82) is 0 Å². The van der Waals surface area contributed by atoms with Gasteiger partial charge in [0.25, 0.3) is 10.2 Å². The molecule has 0 amide bonds. The van der Waals surface area contributed by atoms with Crippen LogP contribution in [0.3, 0.4) is 0 Å². The van der Waals surface area contributed by atoms with Gasteiger partial charge in [-0.05, 0) is 44.6 Å². The van der Waals surface area contributed by atoms with E-state index in [-0.39, 0.29) is 6.04 Å². The molecule has 1 atom stereocenters. The molecule has 2 heterocycles. The van der Waals surface area contributed by atoms with Crippen molar-refractivity contribution >= 4 is 10.2 Å². The topological polar surface area (TPSA) is 66.6 Å². The maximum absolute atomic E-state index is 12.9. The van der Waals surface area contributed by atoms with Gasteiger partial charge >= 0.3 is 0 Å². The van der Waals surface area contributed by atoms with Gasteiger partial charge < -0.3 is 5.73 Å². The zero-order chi connectivity index (χ0) is 14.6. The molecule has 0 aliphatic carbocycles. The lowest BCUT2D eigenvalue weighted by Crippen LogP contribution is -2.51. The summed E-state index contributed by atoms with van der Waals surface area (Å²) in [7, 11) is -3.28. The third-order valence-corrected chi connectivity index (χ3v) is 6.91. The number of hydrogen-bond acceptors (Lipinski definition) is 3. The molecule has 5 nitrogen and oxygen atoms in total. The van der Waals surface area contributed by atoms with Gasteiger partial charge in [-0.3, -0.25) is 0 Å². The zero-order valence-electron chi connectivity index (χ0n) is 12.6. The molecule has 2 N–H and O–H groups in total. The fourth-order valence-electron chi connectivity index (χ4n) is 3.39. The first kappa shape index (κ1) is 16.2. The van der Waals surface area contributed by atoms with Crippen LogP contribution in [0.25, 0.3) is 0 Å². The summed E-state index contributed by atoms with van der Waals surface area (Å²) in [5.41, 5.74) is 5.69. The number of nitrogens with zero attached hydrogens (tertiary/aromatic N) is 2. The van der Waals surface area contributed by atoms with Crippen molar-refractivity contribution in [2.45, 2.75) is 57.9 Å². The molecule has 2 aliphatic rings. The first-order valence-corrected chi connectivity index (χ1v) is 9.46. The van der Waals surface area contributed by atoms with Crippen molar-refractivity contribution in [2.75, 3.05) is 26.2 Å². The van der Waals surface area contributed by atoms with Gasteiger partial charge in [0.15, 0.2) is 0 Å². The van der Waals surface area contributed by atoms with Crippen LogP contribution in [0, 0.1) is 5.92 Å². The van der Waals surface area contributed by atoms with E-state index in [0.29, 0.717) is 32.1 Å². The fourth-order valence-corrected chi connectivity index (χ4v) is 5.35. The van der Waals surface area contributed by atoms with Crippen LogP contribution in [0.1, 0.15) is 51.9 Å². The first-order valence-electron chi connectivity index (χ1n) is 8.06. The number of nitrogens with two attached hydrogens (primary N) is 1. The summed E-state index contributed by atoms with van der Waals surface area (Å²) in [6.45, 7) is 4.74. The highest BCUT2D eigenvalue weighted by Gasteiger charge is 2.36. The van der Waals surface area contributed by atoms with Crippen LogP contribution in [0.5, 0.6) is 0 Å². The van der Waals surface area contributed by atoms with Crippen molar-refractivity contribution < 1.29 is 8.42 Å². The molecule has 0 radical (unpaired) electrons. The van der Waals surface area contributed by atoms with E-state index in [1.807, 2.05) is 0 Å². The van der Waals surface area contributed by atoms with Crippen LogP contribution in [-0.4, -0.2) is 49.2 Å². The van der Waals surface area contributed by atoms with Gasteiger partial charge in [0.1, 0.15) is 0 Å². The van der Waals surface area contributed by atoms with E-state index < -0.39 is 10.2 Å². The molecule has 2 aliphatic heterocycles. The summed E-state index contributed by atoms with van der Waals surface area (Å²) in [4.78, 5) is 0. The largest absolute Gasteiger partial charge is 0.330 e. The molecule has 2 fully saturated rings. The Morgan fingerprint density at radius 2 is 1.75 bits per heavy atom. The average Bonchev–Trinajstić information content (AvgIpc) is 2.73. The quantitative estimate of drug-likeness (QED) is 0.857. The second-order valence-electron chi connectivity index (χ2n) is 6.11. The number of hydrogen-bond donors (Lipinski definition) is 1. The predicted molar refractivity (Wildman–Crippen MR) is 81.5 cm³/mol. The molecule has 118 valence electrons. The summed E-state index contributed by atoms with van der Waals surface area (Å²) >= 11 is 0. The minimum absolute atomic E-state index is 0.190. The Morgan fingerprint density at radius 3 is 2.35 bits per heavy atom. The third-order valence-electron chi connectivity index (χ3n) is 4.82. The van der Waals surface area contributed by atoms with Gasteiger partial charge in [-0.2, -0.15) is 17.0 Å². The van der Waals surface area contributed by atoms with Crippen molar-refractivity contribution in [2.24, 2.45) is 11.7 Å². The highest BCUT2D eigenvalue weighted by molar-refractivity contribution is 7.86. The standard InChI is InChI=1S/C14H29N3O2S/c1-2-14-6-4-3-5-9-17(14)20(18,19)16-10-7-13(12-15)8-11-16/h13-14H,2-12,15H2,1H3. The summed E-state index contributed by atoms with van der Waals surface area (Å²) in [6, 6.07) is 0.190. The van der Waals surface area contributed by atoms with E-state index in [4.69, 9.17) is 5.73 Å². The summed E-state index contributed by atoms with van der Waals surface area (Å²) in [5.74, 6) is 0.493. The van der Waals surface area contributed by atoms with Crippen molar-refractivity contribution in [1.82, 2.24) is 8.61 Å². The van der Waals surface area contributed by atoms with E-state index >= 15 is 0 Å². The molecule has 0 spiro atoms. The Hall–Kier alpha value is -0.170. The van der Waals surface area contributed by atoms with Gasteiger partial charge in [-0.25, -0.2) is 0 Å². The fraction of sp³-hybridized carbons (Fsp3) is 1.00. The number of piperidine rings is 1. The van der Waals surface area contributed by atoms with E-state index in [9.17, 15) is 8.42 Å². The molecular weight excluding hydrogens is 274 g/mol. The normalized spacial score (nSPS) is 28.4. The maximum Gasteiger partial charge on any atom is 0.282 e. The molecule has 2 rings (SSSR count). The lowest BCUT2D eigenvalue weighted by molar-refractivity contribution is 0.237. The van der Waals surface area contributed by atoms with Crippen LogP contribution in [0.2, 0.25) is 0 Å². The molecule has 0 aromatic carbocycles. The van der Waals surface area contributed by atoms with E-state index in [2.05, 4.69) is 6.92 Å². The van der Waals surface area contributed by atoms with E-state index in [1.165, 1.54) is 0 Å². The Balaban J connectivity index is 2.08. The Morgan fingerprint density at radius 1 is 1.05 bits per heavy atom. The molecular formula is C14H29N3O2S. The van der Waals surface area contributed by atoms with E-state index in [1.54, 1.807) is 8.61 Å². The van der Waals surface area contributed by atoms with Crippen LogP contribution in [0.4, 0.5) is 0 Å². The van der Waals surface area contributed by atoms with Crippen LogP contribution >= 0.6 is 0 Å². The molecule has 0 saturated carbocycles. The second-order valence-corrected chi connectivity index (χ2v) is 7.99. The highest BCUT2D eigenvalue weighted by atomic mass is 32.2. The summed E-state index contributed by atoms with van der Waals surface area (Å²) < 4.78 is 29.2. The third kappa shape index (κ3) is 3.53. The molecule has 6 heteroatoms. The van der Waals surface area contributed by atoms with Gasteiger partial charge in [0, 0.05) is 25.7 Å². The molecule has 2 saturated heterocycles. The minimum Gasteiger partial charge on any atom is -0.330 e. The van der Waals surface area contributed by atoms with Crippen LogP contribution in [-0.2, 0) is 10.2 Å². The van der Waals surface area contributed by atoms with Crippen molar-refractivity contribution in [3.05, 3.63) is 0 Å². The smallest absolute Gasteiger partial charge is 0.282 e. The Labute approximate surface area is 123 Å².